The molecule has 3 nitrogen and oxygen atoms in total. The summed E-state index contributed by atoms with van der Waals surface area (Å²) in [4.78, 5) is 0. The summed E-state index contributed by atoms with van der Waals surface area (Å²) in [6.07, 6.45) is 0. The molecule has 1 N–H and O–H groups in total. The summed E-state index contributed by atoms with van der Waals surface area (Å²) in [6.45, 7) is 0. The molecule has 0 aliphatic rings. The Morgan fingerprint density at radius 2 is 1.72 bits per heavy atom. The van der Waals surface area contributed by atoms with Gasteiger partial charge in [-0.05, 0) is 46.4 Å². The van der Waals surface area contributed by atoms with E-state index >= 15 is 0 Å². The van der Waals surface area contributed by atoms with Gasteiger partial charge in [-0.3, -0.25) is 4.72 Å². The van der Waals surface area contributed by atoms with E-state index < -0.39 is 10.0 Å². The molecule has 0 amide bonds. The third-order valence-corrected chi connectivity index (χ3v) is 4.23. The van der Waals surface area contributed by atoms with Crippen molar-refractivity contribution in [3.8, 4) is 0 Å². The van der Waals surface area contributed by atoms with E-state index in [0.29, 0.717) is 5.69 Å². The first kappa shape index (κ1) is 13.4. The molecule has 94 valence electrons. The number of anilines is 1. The van der Waals surface area contributed by atoms with E-state index in [9.17, 15) is 8.42 Å². The lowest BCUT2D eigenvalue weighted by Gasteiger charge is -2.08. The van der Waals surface area contributed by atoms with Crippen LogP contribution in [0.1, 0.15) is 5.56 Å². The van der Waals surface area contributed by atoms with Crippen molar-refractivity contribution in [1.29, 1.82) is 0 Å². The molecule has 2 aromatic rings. The summed E-state index contributed by atoms with van der Waals surface area (Å²) in [5.74, 6) is -0.0146. The van der Waals surface area contributed by atoms with Crippen molar-refractivity contribution in [1.82, 2.24) is 0 Å². The summed E-state index contributed by atoms with van der Waals surface area (Å²) in [7, 11) is -3.36. The lowest BCUT2D eigenvalue weighted by Crippen LogP contribution is -2.15. The first-order valence-corrected chi connectivity index (χ1v) is 8.08. The maximum atomic E-state index is 12.0. The van der Waals surface area contributed by atoms with Crippen molar-refractivity contribution in [3.05, 3.63) is 63.7 Å². The Labute approximate surface area is 120 Å². The van der Waals surface area contributed by atoms with Crippen LogP contribution in [0.4, 0.5) is 5.69 Å². The molecule has 0 fully saturated rings. The van der Waals surface area contributed by atoms with Gasteiger partial charge in [-0.25, -0.2) is 8.42 Å². The molecular weight excluding hydrogens is 361 g/mol. The maximum absolute atomic E-state index is 12.0. The average molecular weight is 373 g/mol. The molecule has 0 heterocycles. The highest BCUT2D eigenvalue weighted by Crippen LogP contribution is 2.15. The summed E-state index contributed by atoms with van der Waals surface area (Å²) in [6, 6.07) is 16.4. The lowest BCUT2D eigenvalue weighted by atomic mass is 10.2. The van der Waals surface area contributed by atoms with E-state index in [1.54, 1.807) is 24.3 Å². The van der Waals surface area contributed by atoms with Gasteiger partial charge < -0.3 is 0 Å². The maximum Gasteiger partial charge on any atom is 0.236 e. The molecule has 0 aromatic heterocycles. The predicted octanol–water partition coefficient (Wildman–Crippen LogP) is 3.23. The number of sulfonamides is 1. The summed E-state index contributed by atoms with van der Waals surface area (Å²) >= 11 is 2.15. The molecule has 0 spiro atoms. The number of benzene rings is 2. The second-order valence-electron chi connectivity index (χ2n) is 3.86. The zero-order valence-corrected chi connectivity index (χ0v) is 12.5. The Bertz CT molecular complexity index is 626. The van der Waals surface area contributed by atoms with Crippen molar-refractivity contribution in [3.63, 3.8) is 0 Å². The van der Waals surface area contributed by atoms with Crippen LogP contribution in [-0.2, 0) is 15.8 Å². The second kappa shape index (κ2) is 5.71. The Balaban J connectivity index is 2.13. The fraction of sp³-hybridized carbons (Fsp3) is 0.0769. The van der Waals surface area contributed by atoms with Crippen LogP contribution in [0.25, 0.3) is 0 Å². The topological polar surface area (TPSA) is 46.2 Å². The molecule has 2 aromatic carbocycles. The van der Waals surface area contributed by atoms with Gasteiger partial charge in [0.05, 0.1) is 5.75 Å². The molecule has 0 aliphatic heterocycles. The molecule has 2 rings (SSSR count). The molecule has 18 heavy (non-hydrogen) atoms. The fourth-order valence-electron chi connectivity index (χ4n) is 1.56. The minimum Gasteiger partial charge on any atom is -0.283 e. The van der Waals surface area contributed by atoms with E-state index in [4.69, 9.17) is 0 Å². The molecular formula is C13H12INO2S. The van der Waals surface area contributed by atoms with Crippen molar-refractivity contribution >= 4 is 38.3 Å². The minimum atomic E-state index is -3.36. The average Bonchev–Trinajstić information content (AvgIpc) is 2.28. The smallest absolute Gasteiger partial charge is 0.236 e. The number of hydrogen-bond acceptors (Lipinski definition) is 2. The van der Waals surface area contributed by atoms with Gasteiger partial charge >= 0.3 is 0 Å². The van der Waals surface area contributed by atoms with Gasteiger partial charge in [0.15, 0.2) is 0 Å². The third-order valence-electron chi connectivity index (χ3n) is 2.30. The minimum absolute atomic E-state index is 0.0146. The highest BCUT2D eigenvalue weighted by molar-refractivity contribution is 14.1. The Morgan fingerprint density at radius 3 is 2.39 bits per heavy atom. The molecule has 5 heteroatoms. The second-order valence-corrected chi connectivity index (χ2v) is 6.83. The predicted molar refractivity (Wildman–Crippen MR) is 81.8 cm³/mol. The highest BCUT2D eigenvalue weighted by Gasteiger charge is 2.11. The standard InChI is InChI=1S/C13H12INO2S/c14-12-7-4-8-13(9-12)15-18(16,17)10-11-5-2-1-3-6-11/h1-9,15H,10H2. The van der Waals surface area contributed by atoms with Crippen LogP contribution in [-0.4, -0.2) is 8.42 Å². The van der Waals surface area contributed by atoms with E-state index in [1.165, 1.54) is 0 Å². The van der Waals surface area contributed by atoms with Gasteiger partial charge in [0.1, 0.15) is 0 Å². The normalized spacial score (nSPS) is 11.2. The van der Waals surface area contributed by atoms with Crippen molar-refractivity contribution in [2.75, 3.05) is 4.72 Å². The van der Waals surface area contributed by atoms with Crippen LogP contribution >= 0.6 is 22.6 Å². The van der Waals surface area contributed by atoms with Crippen LogP contribution in [0.5, 0.6) is 0 Å². The third kappa shape index (κ3) is 3.99. The van der Waals surface area contributed by atoms with Crippen LogP contribution in [0, 0.1) is 3.57 Å². The van der Waals surface area contributed by atoms with Gasteiger partial charge in [0.25, 0.3) is 0 Å². The van der Waals surface area contributed by atoms with Gasteiger partial charge in [0.2, 0.25) is 10.0 Å². The van der Waals surface area contributed by atoms with E-state index in [1.807, 2.05) is 30.3 Å². The summed E-state index contributed by atoms with van der Waals surface area (Å²) < 4.78 is 27.5. The van der Waals surface area contributed by atoms with Gasteiger partial charge in [0, 0.05) is 9.26 Å². The number of nitrogens with one attached hydrogen (secondary N) is 1. The number of hydrogen-bond donors (Lipinski definition) is 1. The Kier molecular flexibility index (Phi) is 4.23. The monoisotopic (exact) mass is 373 g/mol. The first-order valence-electron chi connectivity index (χ1n) is 5.35. The van der Waals surface area contributed by atoms with E-state index in [-0.39, 0.29) is 5.75 Å². The van der Waals surface area contributed by atoms with Gasteiger partial charge in [-0.15, -0.1) is 0 Å². The zero-order valence-electron chi connectivity index (χ0n) is 9.51. The van der Waals surface area contributed by atoms with Gasteiger partial charge in [-0.1, -0.05) is 36.4 Å². The van der Waals surface area contributed by atoms with Crippen LogP contribution < -0.4 is 4.72 Å². The molecule has 0 atom stereocenters. The van der Waals surface area contributed by atoms with Crippen LogP contribution in [0.3, 0.4) is 0 Å². The Hall–Kier alpha value is -1.08. The SMILES string of the molecule is O=S(=O)(Cc1ccccc1)Nc1cccc(I)c1. The highest BCUT2D eigenvalue weighted by atomic mass is 127. The summed E-state index contributed by atoms with van der Waals surface area (Å²) in [5.41, 5.74) is 1.37. The Morgan fingerprint density at radius 1 is 1.00 bits per heavy atom. The molecule has 0 bridgehead atoms. The van der Waals surface area contributed by atoms with E-state index in [2.05, 4.69) is 27.3 Å². The molecule has 0 aliphatic carbocycles. The van der Waals surface area contributed by atoms with Crippen molar-refractivity contribution in [2.45, 2.75) is 5.75 Å². The zero-order chi connectivity index (χ0) is 13.0. The van der Waals surface area contributed by atoms with Crippen molar-refractivity contribution in [2.24, 2.45) is 0 Å². The molecule has 0 saturated heterocycles. The summed E-state index contributed by atoms with van der Waals surface area (Å²) in [5, 5.41) is 0. The molecule has 0 saturated carbocycles. The van der Waals surface area contributed by atoms with Crippen molar-refractivity contribution < 1.29 is 8.42 Å². The fourth-order valence-corrected chi connectivity index (χ4v) is 3.29. The lowest BCUT2D eigenvalue weighted by molar-refractivity contribution is 0.600. The number of rotatable bonds is 4. The molecule has 0 radical (unpaired) electrons. The van der Waals surface area contributed by atoms with Crippen LogP contribution in [0.15, 0.2) is 54.6 Å². The first-order chi connectivity index (χ1) is 8.55. The number of halogens is 1. The van der Waals surface area contributed by atoms with Crippen LogP contribution in [0.2, 0.25) is 0 Å². The van der Waals surface area contributed by atoms with Gasteiger partial charge in [-0.2, -0.15) is 0 Å². The van der Waals surface area contributed by atoms with E-state index in [0.717, 1.165) is 9.13 Å². The largest absolute Gasteiger partial charge is 0.283 e. The molecule has 0 unspecified atom stereocenters. The quantitative estimate of drug-likeness (QED) is 0.837.